The van der Waals surface area contributed by atoms with E-state index < -0.39 is 15.5 Å². The quantitative estimate of drug-likeness (QED) is 0.644. The van der Waals surface area contributed by atoms with Gasteiger partial charge in [-0.1, -0.05) is 72.8 Å². The lowest BCUT2D eigenvalue weighted by atomic mass is 9.87. The minimum Gasteiger partial charge on any atom is -0.305 e. The molecule has 1 aliphatic rings. The molecule has 5 nitrogen and oxygen atoms in total. The number of nitrogens with two attached hydrogens (primary N) is 1. The molecule has 2 atom stereocenters. The van der Waals surface area contributed by atoms with Gasteiger partial charge in [-0.05, 0) is 48.2 Å². The van der Waals surface area contributed by atoms with Crippen LogP contribution < -0.4 is 11.1 Å². The maximum absolute atomic E-state index is 12.6. The van der Waals surface area contributed by atoms with Gasteiger partial charge >= 0.3 is 0 Å². The van der Waals surface area contributed by atoms with Crippen molar-refractivity contribution in [3.05, 3.63) is 101 Å². The summed E-state index contributed by atoms with van der Waals surface area (Å²) in [6.07, 6.45) is 2.95. The number of aryl methyl sites for hydroxylation is 1. The Morgan fingerprint density at radius 2 is 1.65 bits per heavy atom. The summed E-state index contributed by atoms with van der Waals surface area (Å²) in [5.74, 6) is 0. The van der Waals surface area contributed by atoms with Gasteiger partial charge < -0.3 is 5.73 Å². The minimum atomic E-state index is -3.40. The van der Waals surface area contributed by atoms with Crippen molar-refractivity contribution in [2.75, 3.05) is 13.3 Å². The summed E-state index contributed by atoms with van der Waals surface area (Å²) in [6.45, 7) is 0.439. The summed E-state index contributed by atoms with van der Waals surface area (Å²) in [5, 5.41) is 3.58. The van der Waals surface area contributed by atoms with Crippen LogP contribution in [0.5, 0.6) is 0 Å². The lowest BCUT2D eigenvalue weighted by Crippen LogP contribution is -2.58. The van der Waals surface area contributed by atoms with Crippen LogP contribution in [0.1, 0.15) is 28.7 Å². The van der Waals surface area contributed by atoms with Crippen molar-refractivity contribution in [2.24, 2.45) is 5.73 Å². The molecular weight excluding hydrogens is 406 g/mol. The third-order valence-corrected chi connectivity index (χ3v) is 7.43. The molecule has 0 amide bonds. The van der Waals surface area contributed by atoms with Crippen molar-refractivity contribution in [1.82, 2.24) is 10.2 Å². The largest absolute Gasteiger partial charge is 0.305 e. The average molecular weight is 436 g/mol. The lowest BCUT2D eigenvalue weighted by Gasteiger charge is -2.43. The molecule has 0 spiro atoms. The van der Waals surface area contributed by atoms with E-state index in [1.54, 1.807) is 12.1 Å². The van der Waals surface area contributed by atoms with E-state index in [0.29, 0.717) is 11.4 Å². The third-order valence-electron chi connectivity index (χ3n) is 6.24. The van der Waals surface area contributed by atoms with Crippen molar-refractivity contribution in [3.63, 3.8) is 0 Å². The molecule has 0 radical (unpaired) electrons. The van der Waals surface area contributed by atoms with Crippen LogP contribution in [0.3, 0.4) is 0 Å². The Balaban J connectivity index is 1.81. The summed E-state index contributed by atoms with van der Waals surface area (Å²) in [4.78, 5) is 2.48. The Bertz CT molecular complexity index is 1150. The minimum absolute atomic E-state index is 0.0368. The number of hydrogen-bond donors (Lipinski definition) is 2. The highest BCUT2D eigenvalue weighted by molar-refractivity contribution is 7.90. The predicted molar refractivity (Wildman–Crippen MR) is 124 cm³/mol. The third kappa shape index (κ3) is 4.16. The smallest absolute Gasteiger partial charge is 0.175 e. The first-order valence-corrected chi connectivity index (χ1v) is 12.4. The zero-order valence-electron chi connectivity index (χ0n) is 18.0. The summed E-state index contributed by atoms with van der Waals surface area (Å²) >= 11 is 0. The van der Waals surface area contributed by atoms with Gasteiger partial charge in [0.05, 0.1) is 11.1 Å². The van der Waals surface area contributed by atoms with Crippen LogP contribution in [0.4, 0.5) is 0 Å². The molecule has 3 N–H and O–H groups in total. The van der Waals surface area contributed by atoms with Gasteiger partial charge in [0.1, 0.15) is 5.66 Å². The molecule has 1 aliphatic heterocycles. The fourth-order valence-electron chi connectivity index (χ4n) is 4.54. The lowest BCUT2D eigenvalue weighted by molar-refractivity contribution is 0.0876. The van der Waals surface area contributed by atoms with Crippen LogP contribution in [-0.2, 0) is 28.5 Å². The van der Waals surface area contributed by atoms with Crippen molar-refractivity contribution in [3.8, 4) is 0 Å². The number of benzene rings is 3. The number of rotatable bonds is 5. The molecule has 4 rings (SSSR count). The summed E-state index contributed by atoms with van der Waals surface area (Å²) in [6, 6.07) is 25.7. The molecule has 1 heterocycles. The fourth-order valence-corrected chi connectivity index (χ4v) is 5.50. The number of sulfone groups is 1. The van der Waals surface area contributed by atoms with Gasteiger partial charge in [0.15, 0.2) is 9.84 Å². The average Bonchev–Trinajstić information content (AvgIpc) is 2.88. The molecule has 31 heavy (non-hydrogen) atoms. The predicted octanol–water partition coefficient (Wildman–Crippen LogP) is 3.24. The van der Waals surface area contributed by atoms with E-state index in [4.69, 9.17) is 5.73 Å². The molecular formula is C25H29N3O2S. The molecule has 0 fully saturated rings. The Morgan fingerprint density at radius 3 is 2.29 bits per heavy atom. The molecule has 0 saturated carbocycles. The molecule has 162 valence electrons. The first-order valence-electron chi connectivity index (χ1n) is 10.5. The van der Waals surface area contributed by atoms with E-state index in [9.17, 15) is 8.42 Å². The Labute approximate surface area is 184 Å². The molecule has 0 aliphatic carbocycles. The van der Waals surface area contributed by atoms with Gasteiger partial charge in [-0.15, -0.1) is 0 Å². The van der Waals surface area contributed by atoms with Crippen molar-refractivity contribution in [2.45, 2.75) is 36.1 Å². The molecule has 0 aromatic heterocycles. The first kappa shape index (κ1) is 21.7. The first-order chi connectivity index (χ1) is 14.8. The highest BCUT2D eigenvalue weighted by atomic mass is 32.2. The van der Waals surface area contributed by atoms with E-state index in [1.165, 1.54) is 11.8 Å². The number of fused-ring (bicyclic) bond motifs is 1. The topological polar surface area (TPSA) is 75.4 Å². The fraction of sp³-hybridized carbons (Fsp3) is 0.280. The van der Waals surface area contributed by atoms with E-state index in [-0.39, 0.29) is 6.17 Å². The molecule has 6 heteroatoms. The standard InChI is InChI=1S/C25H29N3O2S/c1-28-24(17-16-19-10-5-3-6-11-19)27-18-21-22(14-9-15-23(21)31(2,29)30)25(28,26)20-12-7-4-8-13-20/h3-15,24,27H,16-18,26H2,1-2H3. The van der Waals surface area contributed by atoms with Gasteiger partial charge in [0, 0.05) is 12.8 Å². The van der Waals surface area contributed by atoms with Gasteiger partial charge in [-0.25, -0.2) is 8.42 Å². The highest BCUT2D eigenvalue weighted by Gasteiger charge is 2.42. The SMILES string of the molecule is CN1C(CCc2ccccc2)NCc2c(cccc2S(C)(=O)=O)C1(N)c1ccccc1. The molecule has 0 saturated heterocycles. The highest BCUT2D eigenvalue weighted by Crippen LogP contribution is 2.38. The van der Waals surface area contributed by atoms with Crippen molar-refractivity contribution >= 4 is 9.84 Å². The van der Waals surface area contributed by atoms with Crippen LogP contribution in [-0.4, -0.2) is 32.8 Å². The Hall–Kier alpha value is -2.51. The van der Waals surface area contributed by atoms with Gasteiger partial charge in [-0.3, -0.25) is 10.2 Å². The number of nitrogens with zero attached hydrogens (tertiary/aromatic N) is 1. The Kier molecular flexibility index (Phi) is 5.99. The zero-order valence-corrected chi connectivity index (χ0v) is 18.8. The second kappa shape index (κ2) is 8.55. The van der Waals surface area contributed by atoms with Crippen LogP contribution in [0.15, 0.2) is 83.8 Å². The van der Waals surface area contributed by atoms with Gasteiger partial charge in [0.2, 0.25) is 0 Å². The number of hydrogen-bond acceptors (Lipinski definition) is 5. The maximum atomic E-state index is 12.6. The van der Waals surface area contributed by atoms with Crippen LogP contribution >= 0.6 is 0 Å². The second-order valence-corrected chi connectivity index (χ2v) is 10.2. The molecule has 3 aromatic rings. The maximum Gasteiger partial charge on any atom is 0.175 e. The second-order valence-electron chi connectivity index (χ2n) is 8.22. The molecule has 2 unspecified atom stereocenters. The monoisotopic (exact) mass is 435 g/mol. The van der Waals surface area contributed by atoms with Crippen LogP contribution in [0.25, 0.3) is 0 Å². The summed E-state index contributed by atoms with van der Waals surface area (Å²) in [7, 11) is -1.39. The molecule has 3 aromatic carbocycles. The van der Waals surface area contributed by atoms with Gasteiger partial charge in [-0.2, -0.15) is 0 Å². The van der Waals surface area contributed by atoms with Crippen molar-refractivity contribution < 1.29 is 8.42 Å². The van der Waals surface area contributed by atoms with Gasteiger partial charge in [0.25, 0.3) is 0 Å². The van der Waals surface area contributed by atoms with E-state index in [1.807, 2.05) is 61.6 Å². The van der Waals surface area contributed by atoms with Crippen LogP contribution in [0.2, 0.25) is 0 Å². The normalized spacial score (nSPS) is 22.0. The van der Waals surface area contributed by atoms with E-state index >= 15 is 0 Å². The van der Waals surface area contributed by atoms with E-state index in [0.717, 1.165) is 29.5 Å². The van der Waals surface area contributed by atoms with Crippen LogP contribution in [0, 0.1) is 0 Å². The zero-order chi connectivity index (χ0) is 22.1. The summed E-state index contributed by atoms with van der Waals surface area (Å²) in [5.41, 5.74) is 9.98. The number of nitrogens with one attached hydrogen (secondary N) is 1. The Morgan fingerprint density at radius 1 is 1.00 bits per heavy atom. The summed E-state index contributed by atoms with van der Waals surface area (Å²) < 4.78 is 25.1. The van der Waals surface area contributed by atoms with E-state index in [2.05, 4.69) is 22.3 Å². The van der Waals surface area contributed by atoms with Crippen molar-refractivity contribution in [1.29, 1.82) is 0 Å². The molecule has 0 bridgehead atoms.